The molecular weight excluding hydrogens is 356 g/mol. The molecule has 1 fully saturated rings. The maximum Gasteiger partial charge on any atom is 0.251 e. The molecule has 1 amide bonds. The Balaban J connectivity index is 2.17. The molecule has 1 aromatic carbocycles. The highest BCUT2D eigenvalue weighted by Crippen LogP contribution is 2.20. The topological polar surface area (TPSA) is 84.9 Å². The van der Waals surface area contributed by atoms with Gasteiger partial charge in [-0.25, -0.2) is 8.42 Å². The van der Waals surface area contributed by atoms with Crippen LogP contribution in [-0.4, -0.2) is 65.2 Å². The fourth-order valence-electron chi connectivity index (χ4n) is 3.02. The Hall–Kier alpha value is -1.48. The molecule has 1 saturated carbocycles. The van der Waals surface area contributed by atoms with Gasteiger partial charge in [0.1, 0.15) is 0 Å². The molecule has 1 N–H and O–H groups in total. The van der Waals surface area contributed by atoms with Gasteiger partial charge in [-0.2, -0.15) is 4.31 Å². The maximum atomic E-state index is 12.9. The van der Waals surface area contributed by atoms with E-state index < -0.39 is 10.0 Å². The molecule has 1 aromatic rings. The predicted octanol–water partition coefficient (Wildman–Crippen LogP) is 1.64. The summed E-state index contributed by atoms with van der Waals surface area (Å²) in [6.45, 7) is 1.01. The molecule has 0 saturated heterocycles. The first kappa shape index (κ1) is 20.8. The molecule has 0 unspecified atom stereocenters. The molecule has 2 rings (SSSR count). The molecule has 8 heteroatoms. The third kappa shape index (κ3) is 5.51. The lowest BCUT2D eigenvalue weighted by atomic mass is 10.2. The zero-order chi connectivity index (χ0) is 19.0. The summed E-state index contributed by atoms with van der Waals surface area (Å²) in [6, 6.07) is 6.36. The van der Waals surface area contributed by atoms with Crippen LogP contribution < -0.4 is 5.32 Å². The number of methoxy groups -OCH3 is 2. The van der Waals surface area contributed by atoms with Gasteiger partial charge in [-0.05, 0) is 31.0 Å². The maximum absolute atomic E-state index is 12.9. The fourth-order valence-corrected chi connectivity index (χ4v) is 4.48. The molecule has 0 aromatic heterocycles. The van der Waals surface area contributed by atoms with E-state index in [4.69, 9.17) is 9.47 Å². The zero-order valence-electron chi connectivity index (χ0n) is 15.4. The van der Waals surface area contributed by atoms with E-state index in [1.807, 2.05) is 0 Å². The molecule has 0 aliphatic heterocycles. The normalized spacial score (nSPS) is 15.5. The number of ether oxygens (including phenoxy) is 2. The van der Waals surface area contributed by atoms with Gasteiger partial charge in [-0.15, -0.1) is 0 Å². The van der Waals surface area contributed by atoms with Crippen LogP contribution in [0.4, 0.5) is 0 Å². The third-order valence-electron chi connectivity index (χ3n) is 4.51. The van der Waals surface area contributed by atoms with E-state index in [0.717, 1.165) is 25.7 Å². The van der Waals surface area contributed by atoms with Gasteiger partial charge >= 0.3 is 0 Å². The van der Waals surface area contributed by atoms with Crippen molar-refractivity contribution in [3.8, 4) is 0 Å². The second kappa shape index (κ2) is 10.0. The average molecular weight is 384 g/mol. The molecule has 0 bridgehead atoms. The summed E-state index contributed by atoms with van der Waals surface area (Å²) >= 11 is 0. The van der Waals surface area contributed by atoms with Crippen molar-refractivity contribution in [3.05, 3.63) is 29.8 Å². The predicted molar refractivity (Wildman–Crippen MR) is 98.7 cm³/mol. The molecule has 0 heterocycles. The molecule has 26 heavy (non-hydrogen) atoms. The lowest BCUT2D eigenvalue weighted by Crippen LogP contribution is -2.37. The number of hydrogen-bond acceptors (Lipinski definition) is 5. The summed E-state index contributed by atoms with van der Waals surface area (Å²) in [7, 11) is -0.690. The Bertz CT molecular complexity index is 679. The number of carbonyl (C=O) groups is 1. The molecule has 0 radical (unpaired) electrons. The van der Waals surface area contributed by atoms with Crippen molar-refractivity contribution in [2.45, 2.75) is 36.6 Å². The summed E-state index contributed by atoms with van der Waals surface area (Å²) in [6.07, 6.45) is 4.19. The summed E-state index contributed by atoms with van der Waals surface area (Å²) in [5.74, 6) is -0.228. The van der Waals surface area contributed by atoms with E-state index >= 15 is 0 Å². The number of carbonyl (C=O) groups excluding carboxylic acids is 1. The Morgan fingerprint density at radius 3 is 2.35 bits per heavy atom. The van der Waals surface area contributed by atoms with Crippen LogP contribution in [0, 0.1) is 0 Å². The monoisotopic (exact) mass is 384 g/mol. The first-order valence-electron chi connectivity index (χ1n) is 8.88. The molecule has 7 nitrogen and oxygen atoms in total. The number of amides is 1. The minimum atomic E-state index is -3.74. The van der Waals surface area contributed by atoms with Crippen molar-refractivity contribution in [1.82, 2.24) is 9.62 Å². The second-order valence-electron chi connectivity index (χ2n) is 6.37. The van der Waals surface area contributed by atoms with Gasteiger partial charge in [-0.1, -0.05) is 18.9 Å². The lowest BCUT2D eigenvalue weighted by molar-refractivity contribution is 0.0937. The van der Waals surface area contributed by atoms with E-state index in [1.54, 1.807) is 12.1 Å². The van der Waals surface area contributed by atoms with Gasteiger partial charge in [-0.3, -0.25) is 4.79 Å². The Kier molecular flexibility index (Phi) is 8.02. The molecular formula is C18H28N2O5S. The summed E-state index contributed by atoms with van der Waals surface area (Å²) < 4.78 is 37.2. The summed E-state index contributed by atoms with van der Waals surface area (Å²) in [5.41, 5.74) is 0.358. The Morgan fingerprint density at radius 2 is 1.77 bits per heavy atom. The number of hydrogen-bond donors (Lipinski definition) is 1. The van der Waals surface area contributed by atoms with Crippen LogP contribution >= 0.6 is 0 Å². The lowest BCUT2D eigenvalue weighted by Gasteiger charge is -2.22. The molecule has 0 spiro atoms. The zero-order valence-corrected chi connectivity index (χ0v) is 16.3. The summed E-state index contributed by atoms with van der Waals surface area (Å²) in [5, 5.41) is 2.98. The largest absolute Gasteiger partial charge is 0.383 e. The number of nitrogens with zero attached hydrogens (tertiary/aromatic N) is 1. The third-order valence-corrected chi connectivity index (χ3v) is 6.41. The number of nitrogens with one attached hydrogen (secondary N) is 1. The van der Waals surface area contributed by atoms with Gasteiger partial charge in [0.05, 0.1) is 18.1 Å². The van der Waals surface area contributed by atoms with E-state index in [0.29, 0.717) is 5.56 Å². The quantitative estimate of drug-likeness (QED) is 0.663. The summed E-state index contributed by atoms with van der Waals surface area (Å²) in [4.78, 5) is 12.5. The number of sulfonamides is 1. The van der Waals surface area contributed by atoms with Crippen molar-refractivity contribution in [2.24, 2.45) is 0 Å². The SMILES string of the molecule is COCCN(CCOC)S(=O)(=O)c1cccc(C(=O)NC2CCCC2)c1. The van der Waals surface area contributed by atoms with Crippen LogP contribution in [0.15, 0.2) is 29.2 Å². The van der Waals surface area contributed by atoms with Crippen molar-refractivity contribution in [1.29, 1.82) is 0 Å². The van der Waals surface area contributed by atoms with E-state index in [-0.39, 0.29) is 43.1 Å². The first-order chi connectivity index (χ1) is 12.5. The second-order valence-corrected chi connectivity index (χ2v) is 8.31. The van der Waals surface area contributed by atoms with Gasteiger partial charge in [0.25, 0.3) is 5.91 Å². The highest BCUT2D eigenvalue weighted by molar-refractivity contribution is 7.89. The van der Waals surface area contributed by atoms with Crippen molar-refractivity contribution in [3.63, 3.8) is 0 Å². The highest BCUT2D eigenvalue weighted by atomic mass is 32.2. The average Bonchev–Trinajstić information content (AvgIpc) is 3.14. The fraction of sp³-hybridized carbons (Fsp3) is 0.611. The van der Waals surface area contributed by atoms with Crippen molar-refractivity contribution in [2.75, 3.05) is 40.5 Å². The van der Waals surface area contributed by atoms with Crippen LogP contribution in [0.5, 0.6) is 0 Å². The van der Waals surface area contributed by atoms with Crippen molar-refractivity contribution < 1.29 is 22.7 Å². The standard InChI is InChI=1S/C18H28N2O5S/c1-24-12-10-20(11-13-25-2)26(22,23)17-9-5-6-15(14-17)18(21)19-16-7-3-4-8-16/h5-6,9,14,16H,3-4,7-8,10-13H2,1-2H3,(H,19,21). The molecule has 0 atom stereocenters. The first-order valence-corrected chi connectivity index (χ1v) is 10.3. The van der Waals surface area contributed by atoms with Gasteiger partial charge < -0.3 is 14.8 Å². The van der Waals surface area contributed by atoms with Gasteiger partial charge in [0, 0.05) is 38.9 Å². The van der Waals surface area contributed by atoms with Crippen LogP contribution in [-0.2, 0) is 19.5 Å². The minimum absolute atomic E-state index is 0.101. The van der Waals surface area contributed by atoms with E-state index in [1.165, 1.54) is 30.7 Å². The van der Waals surface area contributed by atoms with E-state index in [9.17, 15) is 13.2 Å². The highest BCUT2D eigenvalue weighted by Gasteiger charge is 2.25. The van der Waals surface area contributed by atoms with Crippen LogP contribution in [0.25, 0.3) is 0 Å². The van der Waals surface area contributed by atoms with Gasteiger partial charge in [0.15, 0.2) is 0 Å². The van der Waals surface area contributed by atoms with Crippen LogP contribution in [0.2, 0.25) is 0 Å². The Labute approximate surface area is 155 Å². The van der Waals surface area contributed by atoms with E-state index in [2.05, 4.69) is 5.32 Å². The van der Waals surface area contributed by atoms with Crippen LogP contribution in [0.3, 0.4) is 0 Å². The van der Waals surface area contributed by atoms with Gasteiger partial charge in [0.2, 0.25) is 10.0 Å². The minimum Gasteiger partial charge on any atom is -0.383 e. The molecule has 146 valence electrons. The molecule has 1 aliphatic rings. The molecule has 1 aliphatic carbocycles. The Morgan fingerprint density at radius 1 is 1.15 bits per heavy atom. The number of rotatable bonds is 10. The van der Waals surface area contributed by atoms with Crippen LogP contribution in [0.1, 0.15) is 36.0 Å². The number of benzene rings is 1. The smallest absolute Gasteiger partial charge is 0.251 e. The van der Waals surface area contributed by atoms with Crippen molar-refractivity contribution >= 4 is 15.9 Å².